The fraction of sp³-hybridized carbons (Fsp3) is 0.440. The summed E-state index contributed by atoms with van der Waals surface area (Å²) >= 11 is 0. The molecule has 9 heteroatoms. The van der Waals surface area contributed by atoms with Gasteiger partial charge in [0.15, 0.2) is 28.8 Å². The molecule has 1 aliphatic rings. The Morgan fingerprint density at radius 2 is 1.35 bits per heavy atom. The second-order valence-electron chi connectivity index (χ2n) is 7.66. The molecule has 0 fully saturated rings. The van der Waals surface area contributed by atoms with Crippen molar-refractivity contribution < 1.29 is 43.5 Å². The lowest BCUT2D eigenvalue weighted by molar-refractivity contribution is -0.150. The molecule has 0 spiro atoms. The normalized spacial score (nSPS) is 18.8. The van der Waals surface area contributed by atoms with Crippen molar-refractivity contribution in [3.63, 3.8) is 0 Å². The fourth-order valence-corrected chi connectivity index (χ4v) is 4.50. The first-order chi connectivity index (χ1) is 15.9. The van der Waals surface area contributed by atoms with Gasteiger partial charge in [-0.05, 0) is 42.3 Å². The molecular weight excluding hydrogens is 444 g/mol. The van der Waals surface area contributed by atoms with Crippen molar-refractivity contribution in [1.82, 2.24) is 0 Å². The van der Waals surface area contributed by atoms with E-state index in [1.165, 1.54) is 35.5 Å². The van der Waals surface area contributed by atoms with E-state index in [1.54, 1.807) is 38.1 Å². The van der Waals surface area contributed by atoms with Crippen LogP contribution in [0.15, 0.2) is 24.3 Å². The predicted octanol–water partition coefficient (Wildman–Crippen LogP) is 3.05. The molecule has 9 nitrogen and oxygen atoms in total. The number of fused-ring (bicyclic) bond motifs is 1. The van der Waals surface area contributed by atoms with Crippen molar-refractivity contribution in [2.24, 2.45) is 11.8 Å². The number of methoxy groups -OCH3 is 5. The van der Waals surface area contributed by atoms with Crippen LogP contribution < -0.4 is 23.7 Å². The maximum absolute atomic E-state index is 13.4. The maximum Gasteiger partial charge on any atom is 0.310 e. The molecule has 0 radical (unpaired) electrons. The number of hydrogen-bond donors (Lipinski definition) is 0. The molecule has 3 unspecified atom stereocenters. The Bertz CT molecular complexity index is 1020. The second-order valence-corrected chi connectivity index (χ2v) is 7.66. The summed E-state index contributed by atoms with van der Waals surface area (Å²) in [5, 5.41) is 0. The third kappa shape index (κ3) is 4.48. The Balaban J connectivity index is 0.00000408. The van der Waals surface area contributed by atoms with Gasteiger partial charge in [0, 0.05) is 17.4 Å². The van der Waals surface area contributed by atoms with Crippen LogP contribution in [-0.2, 0) is 9.53 Å². The van der Waals surface area contributed by atoms with E-state index in [9.17, 15) is 9.59 Å². The number of ether oxygens (including phenoxy) is 6. The Kier molecular flexibility index (Phi) is 8.75. The standard InChI is InChI=1S/C25H30O8.H2O/c1-8-33-25(27)21-13(2)23(26)16-12-18(29-4)17(28-3)11-15(16)22(21)14-9-19(30-5)24(32-7)20(10-14)31-6;/h9-13,21-22H,8H2,1-7H3;1H2. The first-order valence-corrected chi connectivity index (χ1v) is 10.6. The first-order valence-electron chi connectivity index (χ1n) is 10.6. The van der Waals surface area contributed by atoms with Gasteiger partial charge in [0.25, 0.3) is 0 Å². The fourth-order valence-electron chi connectivity index (χ4n) is 4.50. The van der Waals surface area contributed by atoms with Crippen LogP contribution >= 0.6 is 0 Å². The molecule has 3 atom stereocenters. The zero-order chi connectivity index (χ0) is 24.3. The van der Waals surface area contributed by atoms with Gasteiger partial charge in [-0.25, -0.2) is 0 Å². The van der Waals surface area contributed by atoms with Crippen LogP contribution in [-0.4, -0.2) is 59.4 Å². The first kappa shape index (κ1) is 26.8. The van der Waals surface area contributed by atoms with Crippen molar-refractivity contribution in [1.29, 1.82) is 0 Å². The van der Waals surface area contributed by atoms with Gasteiger partial charge in [-0.15, -0.1) is 0 Å². The third-order valence-electron chi connectivity index (χ3n) is 6.07. The number of carbonyl (C=O) groups is 2. The van der Waals surface area contributed by atoms with Crippen LogP contribution in [0.25, 0.3) is 0 Å². The molecule has 0 aliphatic heterocycles. The van der Waals surface area contributed by atoms with E-state index < -0.39 is 23.7 Å². The van der Waals surface area contributed by atoms with Crippen LogP contribution in [0.5, 0.6) is 28.7 Å². The molecule has 2 aromatic rings. The molecule has 0 saturated heterocycles. The molecule has 186 valence electrons. The van der Waals surface area contributed by atoms with Gasteiger partial charge in [-0.3, -0.25) is 9.59 Å². The minimum absolute atomic E-state index is 0. The van der Waals surface area contributed by atoms with E-state index in [0.29, 0.717) is 39.9 Å². The number of hydrogen-bond acceptors (Lipinski definition) is 8. The lowest BCUT2D eigenvalue weighted by Gasteiger charge is -2.36. The Morgan fingerprint density at radius 3 is 1.82 bits per heavy atom. The summed E-state index contributed by atoms with van der Waals surface area (Å²) in [6.07, 6.45) is 0. The highest BCUT2D eigenvalue weighted by Gasteiger charge is 2.46. The lowest BCUT2D eigenvalue weighted by Crippen LogP contribution is -2.39. The van der Waals surface area contributed by atoms with E-state index >= 15 is 0 Å². The maximum atomic E-state index is 13.4. The van der Waals surface area contributed by atoms with E-state index in [1.807, 2.05) is 0 Å². The molecule has 0 aromatic heterocycles. The van der Waals surface area contributed by atoms with Crippen LogP contribution in [0.1, 0.15) is 41.3 Å². The highest BCUT2D eigenvalue weighted by atomic mass is 16.5. The highest BCUT2D eigenvalue weighted by Crippen LogP contribution is 2.50. The van der Waals surface area contributed by atoms with Crippen molar-refractivity contribution in [3.8, 4) is 28.7 Å². The zero-order valence-corrected chi connectivity index (χ0v) is 20.5. The Hall–Kier alpha value is -3.46. The molecule has 0 saturated carbocycles. The van der Waals surface area contributed by atoms with E-state index in [4.69, 9.17) is 28.4 Å². The quantitative estimate of drug-likeness (QED) is 0.533. The zero-order valence-electron chi connectivity index (χ0n) is 20.5. The average Bonchev–Trinajstić information content (AvgIpc) is 2.84. The minimum atomic E-state index is -0.758. The smallest absolute Gasteiger partial charge is 0.310 e. The van der Waals surface area contributed by atoms with Crippen molar-refractivity contribution >= 4 is 11.8 Å². The second kappa shape index (κ2) is 11.1. The molecule has 1 aliphatic carbocycles. The average molecular weight is 477 g/mol. The number of carbonyl (C=O) groups excluding carboxylic acids is 2. The number of esters is 1. The summed E-state index contributed by atoms with van der Waals surface area (Å²) < 4.78 is 32.8. The monoisotopic (exact) mass is 476 g/mol. The summed E-state index contributed by atoms with van der Waals surface area (Å²) in [4.78, 5) is 26.5. The minimum Gasteiger partial charge on any atom is -0.493 e. The molecular formula is C25H32O9. The number of Topliss-reactive ketones (excluding diaryl/α,β-unsaturated/α-hetero) is 1. The molecule has 34 heavy (non-hydrogen) atoms. The van der Waals surface area contributed by atoms with Gasteiger partial charge >= 0.3 is 5.97 Å². The van der Waals surface area contributed by atoms with Crippen molar-refractivity contribution in [2.75, 3.05) is 42.2 Å². The van der Waals surface area contributed by atoms with Crippen LogP contribution in [0, 0.1) is 11.8 Å². The van der Waals surface area contributed by atoms with Gasteiger partial charge in [0.2, 0.25) is 5.75 Å². The van der Waals surface area contributed by atoms with Gasteiger partial charge in [-0.2, -0.15) is 0 Å². The number of rotatable bonds is 8. The largest absolute Gasteiger partial charge is 0.493 e. The van der Waals surface area contributed by atoms with Crippen molar-refractivity contribution in [2.45, 2.75) is 19.8 Å². The molecule has 3 rings (SSSR count). The van der Waals surface area contributed by atoms with Gasteiger partial charge in [-0.1, -0.05) is 6.92 Å². The van der Waals surface area contributed by atoms with Gasteiger partial charge < -0.3 is 33.9 Å². The highest BCUT2D eigenvalue weighted by molar-refractivity contribution is 6.04. The molecule has 2 N–H and O–H groups in total. The summed E-state index contributed by atoms with van der Waals surface area (Å²) in [6.45, 7) is 3.69. The SMILES string of the molecule is CCOC(=O)C1C(C)C(=O)c2cc(OC)c(OC)cc2C1c1cc(OC)c(OC)c(OC)c1.O. The van der Waals surface area contributed by atoms with Crippen LogP contribution in [0.3, 0.4) is 0 Å². The molecule has 0 amide bonds. The topological polar surface area (TPSA) is 121 Å². The summed E-state index contributed by atoms with van der Waals surface area (Å²) in [7, 11) is 7.61. The lowest BCUT2D eigenvalue weighted by atomic mass is 9.66. The van der Waals surface area contributed by atoms with Gasteiger partial charge in [0.1, 0.15) is 0 Å². The number of ketones is 1. The van der Waals surface area contributed by atoms with Crippen LogP contribution in [0.2, 0.25) is 0 Å². The summed E-state index contributed by atoms with van der Waals surface area (Å²) in [5.41, 5.74) is 1.83. The molecule has 0 bridgehead atoms. The molecule has 2 aromatic carbocycles. The van der Waals surface area contributed by atoms with Gasteiger partial charge in [0.05, 0.1) is 48.1 Å². The predicted molar refractivity (Wildman–Crippen MR) is 125 cm³/mol. The van der Waals surface area contributed by atoms with E-state index in [-0.39, 0.29) is 17.9 Å². The van der Waals surface area contributed by atoms with E-state index in [0.717, 1.165) is 5.56 Å². The van der Waals surface area contributed by atoms with Crippen molar-refractivity contribution in [3.05, 3.63) is 41.0 Å². The Morgan fingerprint density at radius 1 is 0.824 bits per heavy atom. The summed E-state index contributed by atoms with van der Waals surface area (Å²) in [5.74, 6) is -0.297. The number of benzene rings is 2. The third-order valence-corrected chi connectivity index (χ3v) is 6.07. The molecule has 0 heterocycles. The van der Waals surface area contributed by atoms with E-state index in [2.05, 4.69) is 0 Å². The Labute approximate surface area is 199 Å². The summed E-state index contributed by atoms with van der Waals surface area (Å²) in [6, 6.07) is 7.00. The van der Waals surface area contributed by atoms with Crippen LogP contribution in [0.4, 0.5) is 0 Å².